The average molecular weight is 198 g/mol. The first kappa shape index (κ1) is 8.13. The van der Waals surface area contributed by atoms with Gasteiger partial charge in [0.15, 0.2) is 0 Å². The van der Waals surface area contributed by atoms with Crippen LogP contribution in [0, 0.1) is 0 Å². The molecular formula is C8H10N2S2. The van der Waals surface area contributed by atoms with Crippen LogP contribution in [0.15, 0.2) is 16.4 Å². The smallest absolute Gasteiger partial charge is 0.111 e. The van der Waals surface area contributed by atoms with Gasteiger partial charge in [-0.1, -0.05) is 0 Å². The van der Waals surface area contributed by atoms with E-state index in [4.69, 9.17) is 0 Å². The van der Waals surface area contributed by atoms with Crippen LogP contribution in [-0.4, -0.2) is 25.0 Å². The lowest BCUT2D eigenvalue weighted by Gasteiger charge is -2.21. The van der Waals surface area contributed by atoms with Gasteiger partial charge >= 0.3 is 0 Å². The quantitative estimate of drug-likeness (QED) is 0.635. The SMILES string of the molecule is CSC1=NCN(C)c2sccc21. The lowest BCUT2D eigenvalue weighted by molar-refractivity contribution is 0.934. The highest BCUT2D eigenvalue weighted by Gasteiger charge is 2.17. The molecule has 0 radical (unpaired) electrons. The summed E-state index contributed by atoms with van der Waals surface area (Å²) in [6.07, 6.45) is 2.08. The van der Waals surface area contributed by atoms with E-state index in [1.807, 2.05) is 0 Å². The van der Waals surface area contributed by atoms with Crippen molar-refractivity contribution in [2.45, 2.75) is 0 Å². The maximum atomic E-state index is 4.45. The molecule has 2 nitrogen and oxygen atoms in total. The highest BCUT2D eigenvalue weighted by molar-refractivity contribution is 8.13. The van der Waals surface area contributed by atoms with Crippen LogP contribution in [0.5, 0.6) is 0 Å². The van der Waals surface area contributed by atoms with Crippen molar-refractivity contribution in [3.05, 3.63) is 17.0 Å². The summed E-state index contributed by atoms with van der Waals surface area (Å²) < 4.78 is 0. The monoisotopic (exact) mass is 198 g/mol. The molecule has 0 saturated heterocycles. The molecule has 0 bridgehead atoms. The van der Waals surface area contributed by atoms with E-state index in [0.717, 1.165) is 6.67 Å². The van der Waals surface area contributed by atoms with E-state index >= 15 is 0 Å². The molecule has 0 aliphatic carbocycles. The highest BCUT2D eigenvalue weighted by Crippen LogP contribution is 2.32. The molecule has 1 aromatic heterocycles. The van der Waals surface area contributed by atoms with Gasteiger partial charge in [0.05, 0.1) is 0 Å². The summed E-state index contributed by atoms with van der Waals surface area (Å²) in [6, 6.07) is 2.14. The molecule has 0 fully saturated rings. The van der Waals surface area contributed by atoms with Crippen LogP contribution in [0.25, 0.3) is 0 Å². The van der Waals surface area contributed by atoms with E-state index in [1.54, 1.807) is 23.1 Å². The number of hydrogen-bond acceptors (Lipinski definition) is 4. The number of thiophene rings is 1. The Morgan fingerprint density at radius 2 is 2.50 bits per heavy atom. The molecule has 0 spiro atoms. The summed E-state index contributed by atoms with van der Waals surface area (Å²) in [7, 11) is 2.08. The minimum atomic E-state index is 0.795. The Kier molecular flexibility index (Phi) is 2.11. The van der Waals surface area contributed by atoms with Crippen molar-refractivity contribution in [1.82, 2.24) is 0 Å². The second kappa shape index (κ2) is 3.11. The van der Waals surface area contributed by atoms with Gasteiger partial charge in [0, 0.05) is 12.6 Å². The van der Waals surface area contributed by atoms with Crippen LogP contribution in [0.1, 0.15) is 5.56 Å². The maximum Gasteiger partial charge on any atom is 0.111 e. The lowest BCUT2D eigenvalue weighted by Crippen LogP contribution is -2.22. The summed E-state index contributed by atoms with van der Waals surface area (Å²) in [6.45, 7) is 0.795. The van der Waals surface area contributed by atoms with Gasteiger partial charge in [-0.3, -0.25) is 4.99 Å². The van der Waals surface area contributed by atoms with Gasteiger partial charge < -0.3 is 4.90 Å². The third-order valence-electron chi connectivity index (χ3n) is 1.84. The standard InChI is InChI=1S/C8H10N2S2/c1-10-5-9-7(11-2)6-3-4-12-8(6)10/h3-4H,5H2,1-2H3. The second-order valence-corrected chi connectivity index (χ2v) is 4.34. The van der Waals surface area contributed by atoms with Gasteiger partial charge in [-0.25, -0.2) is 0 Å². The van der Waals surface area contributed by atoms with E-state index in [0.29, 0.717) is 0 Å². The lowest BCUT2D eigenvalue weighted by atomic mass is 10.3. The van der Waals surface area contributed by atoms with Crippen molar-refractivity contribution in [2.24, 2.45) is 4.99 Å². The van der Waals surface area contributed by atoms with Crippen molar-refractivity contribution < 1.29 is 0 Å². The molecule has 0 amide bonds. The molecule has 4 heteroatoms. The summed E-state index contributed by atoms with van der Waals surface area (Å²) in [5.74, 6) is 0. The molecule has 0 saturated carbocycles. The molecule has 1 aromatic rings. The van der Waals surface area contributed by atoms with Crippen LogP contribution in [0.4, 0.5) is 5.00 Å². The van der Waals surface area contributed by atoms with Gasteiger partial charge in [0.2, 0.25) is 0 Å². The van der Waals surface area contributed by atoms with Crippen molar-refractivity contribution in [3.8, 4) is 0 Å². The topological polar surface area (TPSA) is 15.6 Å². The summed E-state index contributed by atoms with van der Waals surface area (Å²) >= 11 is 3.51. The Hall–Kier alpha value is -0.480. The first-order chi connectivity index (χ1) is 5.83. The van der Waals surface area contributed by atoms with Gasteiger partial charge in [0.25, 0.3) is 0 Å². The van der Waals surface area contributed by atoms with E-state index in [-0.39, 0.29) is 0 Å². The molecular weight excluding hydrogens is 188 g/mol. The van der Waals surface area contributed by atoms with E-state index in [9.17, 15) is 0 Å². The molecule has 1 aliphatic heterocycles. The largest absolute Gasteiger partial charge is 0.346 e. The van der Waals surface area contributed by atoms with Crippen LogP contribution in [-0.2, 0) is 0 Å². The predicted octanol–water partition coefficient (Wildman–Crippen LogP) is 2.27. The average Bonchev–Trinajstić information content (AvgIpc) is 2.54. The Labute approximate surface area is 80.3 Å². The minimum Gasteiger partial charge on any atom is -0.346 e. The summed E-state index contributed by atoms with van der Waals surface area (Å²) in [4.78, 5) is 6.64. The van der Waals surface area contributed by atoms with Crippen molar-refractivity contribution in [2.75, 3.05) is 24.9 Å². The zero-order valence-corrected chi connectivity index (χ0v) is 8.71. The first-order valence-electron chi connectivity index (χ1n) is 3.70. The molecule has 2 rings (SSSR count). The number of nitrogens with zero attached hydrogens (tertiary/aromatic N) is 2. The third kappa shape index (κ3) is 1.15. The number of thioether (sulfide) groups is 1. The number of rotatable bonds is 0. The third-order valence-corrected chi connectivity index (χ3v) is 3.60. The minimum absolute atomic E-state index is 0.795. The molecule has 0 atom stereocenters. The fourth-order valence-electron chi connectivity index (χ4n) is 1.25. The van der Waals surface area contributed by atoms with Gasteiger partial charge in [-0.15, -0.1) is 23.1 Å². The molecule has 12 heavy (non-hydrogen) atoms. The van der Waals surface area contributed by atoms with Gasteiger partial charge in [0.1, 0.15) is 16.7 Å². The fourth-order valence-corrected chi connectivity index (χ4v) is 2.75. The zero-order chi connectivity index (χ0) is 8.55. The van der Waals surface area contributed by atoms with Gasteiger partial charge in [-0.05, 0) is 17.7 Å². The van der Waals surface area contributed by atoms with Crippen LogP contribution < -0.4 is 4.90 Å². The van der Waals surface area contributed by atoms with E-state index in [2.05, 4.69) is 34.6 Å². The van der Waals surface area contributed by atoms with E-state index < -0.39 is 0 Å². The maximum absolute atomic E-state index is 4.45. The van der Waals surface area contributed by atoms with Crippen molar-refractivity contribution >= 4 is 33.1 Å². The molecule has 0 N–H and O–H groups in total. The van der Waals surface area contributed by atoms with Gasteiger partial charge in [-0.2, -0.15) is 0 Å². The number of anilines is 1. The molecule has 0 unspecified atom stereocenters. The Morgan fingerprint density at radius 1 is 1.67 bits per heavy atom. The highest BCUT2D eigenvalue weighted by atomic mass is 32.2. The van der Waals surface area contributed by atoms with Crippen molar-refractivity contribution in [1.29, 1.82) is 0 Å². The zero-order valence-electron chi connectivity index (χ0n) is 7.07. The predicted molar refractivity (Wildman–Crippen MR) is 57.6 cm³/mol. The fraction of sp³-hybridized carbons (Fsp3) is 0.375. The first-order valence-corrected chi connectivity index (χ1v) is 5.81. The molecule has 64 valence electrons. The molecule has 0 aromatic carbocycles. The number of hydrogen-bond donors (Lipinski definition) is 0. The molecule has 2 heterocycles. The number of aliphatic imine (C=N–C) groups is 1. The van der Waals surface area contributed by atoms with Crippen LogP contribution >= 0.6 is 23.1 Å². The Bertz CT molecular complexity index is 317. The normalized spacial score (nSPS) is 15.8. The Balaban J connectivity index is 2.47. The van der Waals surface area contributed by atoms with E-state index in [1.165, 1.54) is 15.6 Å². The Morgan fingerprint density at radius 3 is 3.25 bits per heavy atom. The van der Waals surface area contributed by atoms with Crippen LogP contribution in [0.3, 0.4) is 0 Å². The van der Waals surface area contributed by atoms with Crippen molar-refractivity contribution in [3.63, 3.8) is 0 Å². The molecule has 1 aliphatic rings. The summed E-state index contributed by atoms with van der Waals surface area (Å²) in [5.41, 5.74) is 1.29. The second-order valence-electron chi connectivity index (χ2n) is 2.65. The summed E-state index contributed by atoms with van der Waals surface area (Å²) in [5, 5.41) is 4.64. The van der Waals surface area contributed by atoms with Crippen LogP contribution in [0.2, 0.25) is 0 Å². The number of fused-ring (bicyclic) bond motifs is 1.